The van der Waals surface area contributed by atoms with Gasteiger partial charge in [0.2, 0.25) is 0 Å². The van der Waals surface area contributed by atoms with Crippen molar-refractivity contribution >= 4 is 21.9 Å². The Morgan fingerprint density at radius 3 is 2.67 bits per heavy atom. The molecule has 1 aromatic carbocycles. The van der Waals surface area contributed by atoms with Gasteiger partial charge >= 0.3 is 5.97 Å². The zero-order valence-corrected chi connectivity index (χ0v) is 11.8. The number of ether oxygens (including phenoxy) is 1. The number of hydrogen-bond donors (Lipinski definition) is 1. The molecular weight excluding hydrogens is 298 g/mol. The second-order valence-corrected chi connectivity index (χ2v) is 5.29. The van der Waals surface area contributed by atoms with Crippen LogP contribution in [0, 0.1) is 0 Å². The van der Waals surface area contributed by atoms with Crippen LogP contribution in [0.25, 0.3) is 0 Å². The van der Waals surface area contributed by atoms with E-state index in [9.17, 15) is 9.90 Å². The Balaban J connectivity index is 2.40. The van der Waals surface area contributed by atoms with E-state index in [1.807, 2.05) is 17.0 Å². The van der Waals surface area contributed by atoms with Crippen molar-refractivity contribution in [2.24, 2.45) is 0 Å². The van der Waals surface area contributed by atoms with E-state index in [1.165, 1.54) is 0 Å². The van der Waals surface area contributed by atoms with Gasteiger partial charge in [-0.05, 0) is 44.1 Å². The van der Waals surface area contributed by atoms with Gasteiger partial charge in [0.05, 0.1) is 7.11 Å². The van der Waals surface area contributed by atoms with Gasteiger partial charge < -0.3 is 9.84 Å². The molecule has 1 unspecified atom stereocenters. The van der Waals surface area contributed by atoms with Gasteiger partial charge in [0.25, 0.3) is 0 Å². The van der Waals surface area contributed by atoms with Crippen molar-refractivity contribution in [1.29, 1.82) is 0 Å². The van der Waals surface area contributed by atoms with Crippen LogP contribution in [0.2, 0.25) is 0 Å². The number of carboxylic acids is 1. The molecular formula is C13H16BrNO3. The number of rotatable bonds is 4. The van der Waals surface area contributed by atoms with Crippen molar-refractivity contribution in [3.63, 3.8) is 0 Å². The summed E-state index contributed by atoms with van der Waals surface area (Å²) < 4.78 is 6.14. The highest BCUT2D eigenvalue weighted by Gasteiger charge is 2.31. The van der Waals surface area contributed by atoms with Crippen molar-refractivity contribution < 1.29 is 14.6 Å². The number of benzene rings is 1. The third-order valence-corrected chi connectivity index (χ3v) is 3.72. The highest BCUT2D eigenvalue weighted by atomic mass is 79.9. The number of aliphatic carboxylic acids is 1. The fourth-order valence-electron chi connectivity index (χ4n) is 2.40. The minimum atomic E-state index is -0.826. The molecule has 0 aromatic heterocycles. The fraction of sp³-hybridized carbons (Fsp3) is 0.462. The van der Waals surface area contributed by atoms with Gasteiger partial charge in [-0.1, -0.05) is 15.9 Å². The van der Waals surface area contributed by atoms with E-state index in [1.54, 1.807) is 13.2 Å². The van der Waals surface area contributed by atoms with Crippen LogP contribution in [0.3, 0.4) is 0 Å². The van der Waals surface area contributed by atoms with Crippen molar-refractivity contribution in [2.75, 3.05) is 20.2 Å². The molecule has 4 nitrogen and oxygen atoms in total. The minimum Gasteiger partial charge on any atom is -0.496 e. The standard InChI is InChI=1S/C13H16BrNO3/c1-18-11-5-4-9(14)8-10(11)12(13(16)17)15-6-2-3-7-15/h4-5,8,12H,2-3,6-7H2,1H3,(H,16,17). The summed E-state index contributed by atoms with van der Waals surface area (Å²) in [6.07, 6.45) is 2.11. The van der Waals surface area contributed by atoms with Crippen LogP contribution in [-0.4, -0.2) is 36.2 Å². The zero-order valence-electron chi connectivity index (χ0n) is 10.2. The summed E-state index contributed by atoms with van der Waals surface area (Å²) in [6.45, 7) is 1.65. The summed E-state index contributed by atoms with van der Waals surface area (Å²) in [5, 5.41) is 9.49. The van der Waals surface area contributed by atoms with Crippen LogP contribution in [-0.2, 0) is 4.79 Å². The van der Waals surface area contributed by atoms with E-state index in [-0.39, 0.29) is 0 Å². The molecule has 18 heavy (non-hydrogen) atoms. The second kappa shape index (κ2) is 5.71. The lowest BCUT2D eigenvalue weighted by atomic mass is 10.0. The van der Waals surface area contributed by atoms with Crippen LogP contribution >= 0.6 is 15.9 Å². The molecule has 2 rings (SSSR count). The van der Waals surface area contributed by atoms with E-state index in [0.717, 1.165) is 30.4 Å². The van der Waals surface area contributed by atoms with Gasteiger partial charge in [-0.2, -0.15) is 0 Å². The van der Waals surface area contributed by atoms with Gasteiger partial charge in [0, 0.05) is 10.0 Å². The summed E-state index contributed by atoms with van der Waals surface area (Å²) in [5.74, 6) is -0.203. The van der Waals surface area contributed by atoms with Gasteiger partial charge in [-0.25, -0.2) is 0 Å². The lowest BCUT2D eigenvalue weighted by Crippen LogP contribution is -2.32. The van der Waals surface area contributed by atoms with Gasteiger partial charge in [-0.15, -0.1) is 0 Å². The summed E-state index contributed by atoms with van der Waals surface area (Å²) in [5.41, 5.74) is 0.710. The van der Waals surface area contributed by atoms with Crippen LogP contribution in [0.1, 0.15) is 24.4 Å². The Kier molecular flexibility index (Phi) is 4.24. The molecule has 0 aliphatic carbocycles. The predicted molar refractivity (Wildman–Crippen MR) is 71.9 cm³/mol. The molecule has 1 aliphatic heterocycles. The molecule has 1 saturated heterocycles. The first kappa shape index (κ1) is 13.4. The van der Waals surface area contributed by atoms with Crippen LogP contribution in [0.4, 0.5) is 0 Å². The van der Waals surface area contributed by atoms with Crippen molar-refractivity contribution in [2.45, 2.75) is 18.9 Å². The van der Waals surface area contributed by atoms with Crippen molar-refractivity contribution in [1.82, 2.24) is 4.90 Å². The quantitative estimate of drug-likeness (QED) is 0.928. The molecule has 1 aliphatic rings. The topological polar surface area (TPSA) is 49.8 Å². The molecule has 5 heteroatoms. The number of methoxy groups -OCH3 is 1. The summed E-state index contributed by atoms with van der Waals surface area (Å²) >= 11 is 3.38. The van der Waals surface area contributed by atoms with E-state index in [2.05, 4.69) is 15.9 Å². The third-order valence-electron chi connectivity index (χ3n) is 3.23. The SMILES string of the molecule is COc1ccc(Br)cc1C(C(=O)O)N1CCCC1. The first-order valence-corrected chi connectivity index (χ1v) is 6.73. The van der Waals surface area contributed by atoms with E-state index in [4.69, 9.17) is 4.74 Å². The van der Waals surface area contributed by atoms with Gasteiger partial charge in [0.1, 0.15) is 11.8 Å². The lowest BCUT2D eigenvalue weighted by Gasteiger charge is -2.25. The molecule has 0 radical (unpaired) electrons. The average molecular weight is 314 g/mol. The summed E-state index contributed by atoms with van der Waals surface area (Å²) in [7, 11) is 1.57. The number of halogens is 1. The zero-order chi connectivity index (χ0) is 13.1. The van der Waals surface area contributed by atoms with Crippen LogP contribution in [0.5, 0.6) is 5.75 Å². The highest BCUT2D eigenvalue weighted by Crippen LogP contribution is 2.33. The smallest absolute Gasteiger partial charge is 0.325 e. The number of carbonyl (C=O) groups is 1. The minimum absolute atomic E-state index is 0.623. The van der Waals surface area contributed by atoms with E-state index < -0.39 is 12.0 Å². The molecule has 1 heterocycles. The number of hydrogen-bond acceptors (Lipinski definition) is 3. The van der Waals surface area contributed by atoms with E-state index in [0.29, 0.717) is 11.3 Å². The van der Waals surface area contributed by atoms with Crippen LogP contribution in [0.15, 0.2) is 22.7 Å². The number of carboxylic acid groups (broad SMARTS) is 1. The van der Waals surface area contributed by atoms with E-state index >= 15 is 0 Å². The summed E-state index contributed by atoms with van der Waals surface area (Å²) in [4.78, 5) is 13.5. The Hall–Kier alpha value is -1.07. The highest BCUT2D eigenvalue weighted by molar-refractivity contribution is 9.10. The predicted octanol–water partition coefficient (Wildman–Crippen LogP) is 2.68. The largest absolute Gasteiger partial charge is 0.496 e. The first-order valence-electron chi connectivity index (χ1n) is 5.94. The monoisotopic (exact) mass is 313 g/mol. The summed E-state index contributed by atoms with van der Waals surface area (Å²) in [6, 6.07) is 4.85. The maximum absolute atomic E-state index is 11.6. The third kappa shape index (κ3) is 2.67. The Morgan fingerprint density at radius 1 is 1.44 bits per heavy atom. The molecule has 0 saturated carbocycles. The molecule has 1 atom stereocenters. The molecule has 0 bridgehead atoms. The molecule has 0 spiro atoms. The van der Waals surface area contributed by atoms with Gasteiger partial charge in [-0.3, -0.25) is 9.69 Å². The molecule has 1 aromatic rings. The average Bonchev–Trinajstić information content (AvgIpc) is 2.83. The number of likely N-dealkylation sites (tertiary alicyclic amines) is 1. The Bertz CT molecular complexity index is 444. The fourth-order valence-corrected chi connectivity index (χ4v) is 2.78. The van der Waals surface area contributed by atoms with Crippen molar-refractivity contribution in [3.8, 4) is 5.75 Å². The molecule has 1 N–H and O–H groups in total. The first-order chi connectivity index (χ1) is 8.63. The number of nitrogens with zero attached hydrogens (tertiary/aromatic N) is 1. The van der Waals surface area contributed by atoms with Crippen LogP contribution < -0.4 is 4.74 Å². The molecule has 98 valence electrons. The molecule has 0 amide bonds. The maximum Gasteiger partial charge on any atom is 0.325 e. The van der Waals surface area contributed by atoms with Crippen molar-refractivity contribution in [3.05, 3.63) is 28.2 Å². The maximum atomic E-state index is 11.6. The normalized spacial score (nSPS) is 17.7. The van der Waals surface area contributed by atoms with Gasteiger partial charge in [0.15, 0.2) is 0 Å². The lowest BCUT2D eigenvalue weighted by molar-refractivity contribution is -0.143. The Labute approximate surface area is 115 Å². The Morgan fingerprint density at radius 2 is 2.11 bits per heavy atom. The molecule has 1 fully saturated rings. The second-order valence-electron chi connectivity index (χ2n) is 4.37.